The van der Waals surface area contributed by atoms with Crippen LogP contribution >= 0.6 is 11.6 Å². The molecule has 94 valence electrons. The summed E-state index contributed by atoms with van der Waals surface area (Å²) >= 11 is 5.91. The van der Waals surface area contributed by atoms with E-state index in [1.807, 2.05) is 7.05 Å². The lowest BCUT2D eigenvalue weighted by atomic mass is 10.0. The predicted octanol–water partition coefficient (Wildman–Crippen LogP) is 2.82. The zero-order valence-corrected chi connectivity index (χ0v) is 10.8. The van der Waals surface area contributed by atoms with Crippen molar-refractivity contribution >= 4 is 11.6 Å². The lowest BCUT2D eigenvalue weighted by Crippen LogP contribution is -2.32. The molecule has 2 rings (SSSR count). The van der Waals surface area contributed by atoms with Crippen LogP contribution in [0.1, 0.15) is 24.4 Å². The van der Waals surface area contributed by atoms with Gasteiger partial charge in [-0.2, -0.15) is 0 Å². The van der Waals surface area contributed by atoms with E-state index in [4.69, 9.17) is 17.3 Å². The number of rotatable bonds is 5. The normalized spacial score (nSPS) is 17.5. The quantitative estimate of drug-likeness (QED) is 0.878. The minimum absolute atomic E-state index is 0.0886. The third kappa shape index (κ3) is 3.18. The lowest BCUT2D eigenvalue weighted by Gasteiger charge is -2.27. The first kappa shape index (κ1) is 12.8. The summed E-state index contributed by atoms with van der Waals surface area (Å²) in [6.45, 7) is 1.38. The van der Waals surface area contributed by atoms with Crippen LogP contribution in [0.4, 0.5) is 4.39 Å². The van der Waals surface area contributed by atoms with E-state index in [2.05, 4.69) is 4.90 Å². The van der Waals surface area contributed by atoms with Crippen molar-refractivity contribution in [2.24, 2.45) is 11.7 Å². The lowest BCUT2D eigenvalue weighted by molar-refractivity contribution is 0.235. The maximum Gasteiger partial charge on any atom is 0.128 e. The van der Waals surface area contributed by atoms with E-state index in [-0.39, 0.29) is 11.9 Å². The van der Waals surface area contributed by atoms with E-state index in [9.17, 15) is 4.39 Å². The van der Waals surface area contributed by atoms with Crippen molar-refractivity contribution in [1.82, 2.24) is 4.90 Å². The monoisotopic (exact) mass is 256 g/mol. The molecular formula is C13H18ClFN2. The van der Waals surface area contributed by atoms with Crippen molar-refractivity contribution in [3.05, 3.63) is 34.6 Å². The zero-order valence-electron chi connectivity index (χ0n) is 10.00. The maximum atomic E-state index is 13.8. The Bertz CT molecular complexity index is 393. The molecule has 0 aromatic heterocycles. The molecule has 0 saturated heterocycles. The summed E-state index contributed by atoms with van der Waals surface area (Å²) in [5.41, 5.74) is 6.37. The van der Waals surface area contributed by atoms with Crippen molar-refractivity contribution in [2.75, 3.05) is 20.1 Å². The first-order chi connectivity index (χ1) is 8.11. The van der Waals surface area contributed by atoms with Crippen LogP contribution < -0.4 is 5.73 Å². The molecule has 0 aliphatic heterocycles. The molecule has 0 radical (unpaired) electrons. The second-order valence-electron chi connectivity index (χ2n) is 4.80. The Morgan fingerprint density at radius 3 is 2.82 bits per heavy atom. The minimum Gasteiger partial charge on any atom is -0.329 e. The highest BCUT2D eigenvalue weighted by Crippen LogP contribution is 2.32. The smallest absolute Gasteiger partial charge is 0.128 e. The van der Waals surface area contributed by atoms with Crippen LogP contribution in [-0.2, 0) is 0 Å². The summed E-state index contributed by atoms with van der Waals surface area (Å²) in [6.07, 6.45) is 2.55. The maximum absolute atomic E-state index is 13.8. The van der Waals surface area contributed by atoms with Crippen LogP contribution in [0.3, 0.4) is 0 Å². The Balaban J connectivity index is 2.17. The average molecular weight is 257 g/mol. The van der Waals surface area contributed by atoms with Crippen LogP contribution in [0.15, 0.2) is 18.2 Å². The van der Waals surface area contributed by atoms with Crippen LogP contribution in [0, 0.1) is 11.7 Å². The number of hydrogen-bond donors (Lipinski definition) is 1. The molecule has 0 bridgehead atoms. The third-order valence-electron chi connectivity index (χ3n) is 3.32. The molecule has 0 heterocycles. The van der Waals surface area contributed by atoms with Crippen molar-refractivity contribution in [3.8, 4) is 0 Å². The topological polar surface area (TPSA) is 29.3 Å². The molecule has 17 heavy (non-hydrogen) atoms. The molecule has 1 aromatic carbocycles. The van der Waals surface area contributed by atoms with Gasteiger partial charge in [-0.05, 0) is 44.0 Å². The third-order valence-corrected chi connectivity index (χ3v) is 3.55. The fourth-order valence-electron chi connectivity index (χ4n) is 2.15. The highest BCUT2D eigenvalue weighted by atomic mass is 35.5. The summed E-state index contributed by atoms with van der Waals surface area (Å²) in [5, 5.41) is 0.555. The highest BCUT2D eigenvalue weighted by molar-refractivity contribution is 6.30. The number of likely N-dealkylation sites (N-methyl/N-ethyl adjacent to an activating group) is 1. The van der Waals surface area contributed by atoms with Gasteiger partial charge >= 0.3 is 0 Å². The van der Waals surface area contributed by atoms with Crippen molar-refractivity contribution < 1.29 is 4.39 Å². The predicted molar refractivity (Wildman–Crippen MR) is 68.6 cm³/mol. The van der Waals surface area contributed by atoms with E-state index in [1.54, 1.807) is 12.1 Å². The Hall–Kier alpha value is -0.640. The summed E-state index contributed by atoms with van der Waals surface area (Å²) in [7, 11) is 2.00. The molecule has 1 aliphatic carbocycles. The molecule has 1 aromatic rings. The second-order valence-corrected chi connectivity index (χ2v) is 5.24. The van der Waals surface area contributed by atoms with Crippen molar-refractivity contribution in [3.63, 3.8) is 0 Å². The van der Waals surface area contributed by atoms with Gasteiger partial charge in [0.2, 0.25) is 0 Å². The van der Waals surface area contributed by atoms with Crippen molar-refractivity contribution in [2.45, 2.75) is 18.9 Å². The van der Waals surface area contributed by atoms with Crippen LogP contribution in [0.2, 0.25) is 5.02 Å². The fourth-order valence-corrected chi connectivity index (χ4v) is 2.33. The van der Waals surface area contributed by atoms with Crippen molar-refractivity contribution in [1.29, 1.82) is 0 Å². The first-order valence-electron chi connectivity index (χ1n) is 5.97. The number of hydrogen-bond acceptors (Lipinski definition) is 2. The van der Waals surface area contributed by atoms with E-state index in [1.165, 1.54) is 18.9 Å². The van der Waals surface area contributed by atoms with Crippen LogP contribution in [0.5, 0.6) is 0 Å². The minimum atomic E-state index is -0.229. The summed E-state index contributed by atoms with van der Waals surface area (Å²) in [6, 6.07) is 4.56. The highest BCUT2D eigenvalue weighted by Gasteiger charge is 2.27. The van der Waals surface area contributed by atoms with Crippen LogP contribution in [0.25, 0.3) is 0 Å². The number of nitrogens with two attached hydrogens (primary N) is 1. The standard InChI is InChI=1S/C13H18ClFN2/c1-17(8-9-2-3-9)13(7-16)11-6-10(14)4-5-12(11)15/h4-6,9,13H,2-3,7-8,16H2,1H3. The molecule has 1 saturated carbocycles. The molecule has 2 nitrogen and oxygen atoms in total. The molecule has 4 heteroatoms. The molecular weight excluding hydrogens is 239 g/mol. The number of halogens is 2. The molecule has 0 amide bonds. The van der Waals surface area contributed by atoms with E-state index in [0.29, 0.717) is 17.1 Å². The van der Waals surface area contributed by atoms with E-state index < -0.39 is 0 Å². The molecule has 2 N–H and O–H groups in total. The van der Waals surface area contributed by atoms with Gasteiger partial charge in [0.05, 0.1) is 0 Å². The molecule has 1 atom stereocenters. The summed E-state index contributed by atoms with van der Waals surface area (Å²) in [5.74, 6) is 0.531. The Morgan fingerprint density at radius 1 is 1.53 bits per heavy atom. The summed E-state index contributed by atoms with van der Waals surface area (Å²) < 4.78 is 13.8. The van der Waals surface area contributed by atoms with Gasteiger partial charge in [0.1, 0.15) is 5.82 Å². The summed E-state index contributed by atoms with van der Waals surface area (Å²) in [4.78, 5) is 2.13. The molecule has 0 spiro atoms. The Kier molecular flexibility index (Phi) is 4.02. The SMILES string of the molecule is CN(CC1CC1)C(CN)c1cc(Cl)ccc1F. The Morgan fingerprint density at radius 2 is 2.24 bits per heavy atom. The average Bonchev–Trinajstić information content (AvgIpc) is 3.08. The molecule has 1 fully saturated rings. The van der Waals surface area contributed by atoms with E-state index >= 15 is 0 Å². The molecule has 1 aliphatic rings. The van der Waals surface area contributed by atoms with Gasteiger partial charge < -0.3 is 5.73 Å². The number of benzene rings is 1. The van der Waals surface area contributed by atoms with Gasteiger partial charge in [-0.15, -0.1) is 0 Å². The van der Waals surface area contributed by atoms with Gasteiger partial charge in [-0.3, -0.25) is 4.90 Å². The van der Waals surface area contributed by atoms with Gasteiger partial charge in [-0.1, -0.05) is 11.6 Å². The fraction of sp³-hybridized carbons (Fsp3) is 0.538. The zero-order chi connectivity index (χ0) is 12.4. The van der Waals surface area contributed by atoms with Gasteiger partial charge in [0.25, 0.3) is 0 Å². The second kappa shape index (κ2) is 5.34. The molecule has 1 unspecified atom stereocenters. The van der Waals surface area contributed by atoms with E-state index in [0.717, 1.165) is 12.5 Å². The van der Waals surface area contributed by atoms with Gasteiger partial charge in [0, 0.05) is 29.7 Å². The first-order valence-corrected chi connectivity index (χ1v) is 6.35. The van der Waals surface area contributed by atoms with Gasteiger partial charge in [-0.25, -0.2) is 4.39 Å². The van der Waals surface area contributed by atoms with Gasteiger partial charge in [0.15, 0.2) is 0 Å². The Labute approximate surface area is 107 Å². The van der Waals surface area contributed by atoms with Crippen LogP contribution in [-0.4, -0.2) is 25.0 Å². The number of nitrogens with zero attached hydrogens (tertiary/aromatic N) is 1. The largest absolute Gasteiger partial charge is 0.329 e.